The van der Waals surface area contributed by atoms with E-state index in [1.807, 2.05) is 44.3 Å². The van der Waals surface area contributed by atoms with E-state index < -0.39 is 0 Å². The Morgan fingerprint density at radius 2 is 2.04 bits per heavy atom. The summed E-state index contributed by atoms with van der Waals surface area (Å²) in [5, 5.41) is 3.26. The van der Waals surface area contributed by atoms with Crippen molar-refractivity contribution in [1.29, 1.82) is 0 Å². The van der Waals surface area contributed by atoms with Crippen LogP contribution in [0.3, 0.4) is 0 Å². The van der Waals surface area contributed by atoms with Gasteiger partial charge in [-0.1, -0.05) is 25.5 Å². The van der Waals surface area contributed by atoms with E-state index in [0.29, 0.717) is 5.56 Å². The maximum Gasteiger partial charge on any atom is 0.159 e. The van der Waals surface area contributed by atoms with Gasteiger partial charge < -0.3 is 10.2 Å². The average molecular weight is 312 g/mol. The largest absolute Gasteiger partial charge is 0.360 e. The zero-order valence-corrected chi connectivity index (χ0v) is 14.3. The van der Waals surface area contributed by atoms with Crippen molar-refractivity contribution in [3.63, 3.8) is 0 Å². The number of ketones is 1. The lowest BCUT2D eigenvalue weighted by Crippen LogP contribution is -2.20. The Morgan fingerprint density at radius 3 is 2.74 bits per heavy atom. The van der Waals surface area contributed by atoms with Crippen molar-refractivity contribution in [2.45, 2.75) is 33.6 Å². The summed E-state index contributed by atoms with van der Waals surface area (Å²) in [4.78, 5) is 22.5. The van der Waals surface area contributed by atoms with Crippen molar-refractivity contribution >= 4 is 23.1 Å². The van der Waals surface area contributed by atoms with Crippen molar-refractivity contribution in [2.24, 2.45) is 0 Å². The molecule has 0 radical (unpaired) electrons. The number of aryl methyl sites for hydroxylation is 1. The highest BCUT2D eigenvalue weighted by atomic mass is 16.1. The fourth-order valence-electron chi connectivity index (χ4n) is 2.29. The first kappa shape index (κ1) is 16.9. The topological polar surface area (TPSA) is 58.1 Å². The maximum atomic E-state index is 11.5. The van der Waals surface area contributed by atoms with Gasteiger partial charge in [0.15, 0.2) is 5.78 Å². The number of hydrogen-bond acceptors (Lipinski definition) is 5. The van der Waals surface area contributed by atoms with Gasteiger partial charge in [0.25, 0.3) is 0 Å². The lowest BCUT2D eigenvalue weighted by Gasteiger charge is -2.19. The lowest BCUT2D eigenvalue weighted by molar-refractivity contribution is 0.101. The quantitative estimate of drug-likeness (QED) is 0.784. The van der Waals surface area contributed by atoms with Gasteiger partial charge in [-0.2, -0.15) is 0 Å². The highest BCUT2D eigenvalue weighted by Crippen LogP contribution is 2.20. The van der Waals surface area contributed by atoms with Crippen molar-refractivity contribution in [3.05, 3.63) is 41.7 Å². The first-order chi connectivity index (χ1) is 11.0. The fourth-order valence-corrected chi connectivity index (χ4v) is 2.29. The Bertz CT molecular complexity index is 684. The van der Waals surface area contributed by atoms with Gasteiger partial charge in [0, 0.05) is 30.9 Å². The summed E-state index contributed by atoms with van der Waals surface area (Å²) in [5.41, 5.74) is 1.53. The number of carbonyl (C=O) groups is 1. The number of anilines is 3. The van der Waals surface area contributed by atoms with Crippen molar-refractivity contribution in [2.75, 3.05) is 23.8 Å². The predicted octanol–water partition coefficient (Wildman–Crippen LogP) is 3.97. The van der Waals surface area contributed by atoms with E-state index in [1.165, 1.54) is 0 Å². The second-order valence-corrected chi connectivity index (χ2v) is 5.70. The van der Waals surface area contributed by atoms with Crippen LogP contribution in [-0.4, -0.2) is 29.3 Å². The number of benzene rings is 1. The molecule has 23 heavy (non-hydrogen) atoms. The highest BCUT2D eigenvalue weighted by molar-refractivity contribution is 5.95. The maximum absolute atomic E-state index is 11.5. The molecule has 1 heterocycles. The third kappa shape index (κ3) is 4.77. The minimum Gasteiger partial charge on any atom is -0.360 e. The van der Waals surface area contributed by atoms with Crippen LogP contribution >= 0.6 is 0 Å². The zero-order chi connectivity index (χ0) is 16.8. The van der Waals surface area contributed by atoms with Crippen LogP contribution in [0.25, 0.3) is 0 Å². The molecule has 1 aromatic carbocycles. The van der Waals surface area contributed by atoms with E-state index >= 15 is 0 Å². The lowest BCUT2D eigenvalue weighted by atomic mass is 10.1. The zero-order valence-electron chi connectivity index (χ0n) is 14.3. The Kier molecular flexibility index (Phi) is 5.68. The van der Waals surface area contributed by atoms with Crippen LogP contribution in [0.5, 0.6) is 0 Å². The van der Waals surface area contributed by atoms with E-state index in [9.17, 15) is 4.79 Å². The molecular formula is C18H24N4O. The standard InChI is InChI=1S/C18H24N4O/c1-5-6-10-22(4)18-12-17(19-14(3)20-18)21-16-9-7-8-15(11-16)13(2)23/h7-9,11-12H,5-6,10H2,1-4H3,(H,19,20,21). The summed E-state index contributed by atoms with van der Waals surface area (Å²) in [7, 11) is 2.04. The number of nitrogens with one attached hydrogen (secondary N) is 1. The first-order valence-corrected chi connectivity index (χ1v) is 7.94. The van der Waals surface area contributed by atoms with Crippen LogP contribution in [0.15, 0.2) is 30.3 Å². The summed E-state index contributed by atoms with van der Waals surface area (Å²) < 4.78 is 0. The predicted molar refractivity (Wildman–Crippen MR) is 94.7 cm³/mol. The SMILES string of the molecule is CCCCN(C)c1cc(Nc2cccc(C(C)=O)c2)nc(C)n1. The molecule has 1 N–H and O–H groups in total. The van der Waals surface area contributed by atoms with Gasteiger partial charge >= 0.3 is 0 Å². The van der Waals surface area contributed by atoms with Gasteiger partial charge in [-0.05, 0) is 32.4 Å². The van der Waals surface area contributed by atoms with Crippen LogP contribution in [0.2, 0.25) is 0 Å². The third-order valence-corrected chi connectivity index (χ3v) is 3.60. The second-order valence-electron chi connectivity index (χ2n) is 5.70. The number of hydrogen-bond donors (Lipinski definition) is 1. The van der Waals surface area contributed by atoms with E-state index in [-0.39, 0.29) is 5.78 Å². The molecule has 0 aliphatic rings. The summed E-state index contributed by atoms with van der Waals surface area (Å²) in [6, 6.07) is 9.36. The molecule has 0 atom stereocenters. The molecule has 2 aromatic rings. The van der Waals surface area contributed by atoms with Crippen LogP contribution in [0.4, 0.5) is 17.3 Å². The van der Waals surface area contributed by atoms with Crippen LogP contribution < -0.4 is 10.2 Å². The number of nitrogens with zero attached hydrogens (tertiary/aromatic N) is 3. The van der Waals surface area contributed by atoms with Gasteiger partial charge in [-0.15, -0.1) is 0 Å². The molecule has 0 saturated heterocycles. The molecule has 0 saturated carbocycles. The Morgan fingerprint density at radius 1 is 1.26 bits per heavy atom. The summed E-state index contributed by atoms with van der Waals surface area (Å²) in [6.45, 7) is 6.59. The molecule has 0 aliphatic heterocycles. The van der Waals surface area contributed by atoms with Crippen LogP contribution in [-0.2, 0) is 0 Å². The monoisotopic (exact) mass is 312 g/mol. The third-order valence-electron chi connectivity index (χ3n) is 3.60. The molecule has 0 unspecified atom stereocenters. The first-order valence-electron chi connectivity index (χ1n) is 7.94. The van der Waals surface area contributed by atoms with Crippen molar-refractivity contribution in [3.8, 4) is 0 Å². The van der Waals surface area contributed by atoms with Crippen molar-refractivity contribution in [1.82, 2.24) is 9.97 Å². The summed E-state index contributed by atoms with van der Waals surface area (Å²) in [5.74, 6) is 2.40. The highest BCUT2D eigenvalue weighted by Gasteiger charge is 2.07. The molecule has 0 spiro atoms. The van der Waals surface area contributed by atoms with E-state index in [0.717, 1.165) is 42.5 Å². The molecule has 0 fully saturated rings. The number of Topliss-reactive ketones (excluding diaryl/α,β-unsaturated/α-hetero) is 1. The van der Waals surface area contributed by atoms with Gasteiger partial charge in [0.1, 0.15) is 17.5 Å². The second kappa shape index (κ2) is 7.72. The molecule has 1 aromatic heterocycles. The minimum atomic E-state index is 0.0486. The Balaban J connectivity index is 2.21. The van der Waals surface area contributed by atoms with E-state index in [1.54, 1.807) is 6.92 Å². The molecule has 0 amide bonds. The minimum absolute atomic E-state index is 0.0486. The Hall–Kier alpha value is -2.43. The smallest absolute Gasteiger partial charge is 0.159 e. The van der Waals surface area contributed by atoms with Gasteiger partial charge in [0.2, 0.25) is 0 Å². The Labute approximate surface area is 137 Å². The molecule has 122 valence electrons. The van der Waals surface area contributed by atoms with Crippen LogP contribution in [0, 0.1) is 6.92 Å². The number of carbonyl (C=O) groups excluding carboxylic acids is 1. The molecule has 5 heteroatoms. The van der Waals surface area contributed by atoms with E-state index in [2.05, 4.69) is 27.1 Å². The number of unbranched alkanes of at least 4 members (excludes halogenated alkanes) is 1. The van der Waals surface area contributed by atoms with Gasteiger partial charge in [0.05, 0.1) is 0 Å². The number of aromatic nitrogens is 2. The van der Waals surface area contributed by atoms with Crippen molar-refractivity contribution < 1.29 is 4.79 Å². The summed E-state index contributed by atoms with van der Waals surface area (Å²) >= 11 is 0. The normalized spacial score (nSPS) is 10.4. The molecule has 0 aliphatic carbocycles. The number of rotatable bonds is 7. The molecular weight excluding hydrogens is 288 g/mol. The molecule has 0 bridgehead atoms. The van der Waals surface area contributed by atoms with Gasteiger partial charge in [-0.3, -0.25) is 4.79 Å². The van der Waals surface area contributed by atoms with E-state index in [4.69, 9.17) is 0 Å². The fraction of sp³-hybridized carbons (Fsp3) is 0.389. The summed E-state index contributed by atoms with van der Waals surface area (Å²) in [6.07, 6.45) is 2.28. The average Bonchev–Trinajstić information content (AvgIpc) is 2.52. The van der Waals surface area contributed by atoms with Crippen LogP contribution in [0.1, 0.15) is 42.9 Å². The van der Waals surface area contributed by atoms with Gasteiger partial charge in [-0.25, -0.2) is 9.97 Å². The molecule has 2 rings (SSSR count). The molecule has 5 nitrogen and oxygen atoms in total.